The van der Waals surface area contributed by atoms with E-state index in [1.807, 2.05) is 0 Å². The number of halogens is 1. The van der Waals surface area contributed by atoms with Gasteiger partial charge in [0, 0.05) is 36.2 Å². The first kappa shape index (κ1) is 14.0. The molecule has 1 N–H and O–H groups in total. The molecule has 1 aliphatic rings. The highest BCUT2D eigenvalue weighted by atomic mass is 35.5. The van der Waals surface area contributed by atoms with Crippen LogP contribution in [0.5, 0.6) is 0 Å². The van der Waals surface area contributed by atoms with E-state index in [0.717, 1.165) is 26.1 Å². The van der Waals surface area contributed by atoms with Crippen LogP contribution in [0.15, 0.2) is 11.1 Å². The second-order valence-corrected chi connectivity index (χ2v) is 6.12. The second-order valence-electron chi connectivity index (χ2n) is 5.90. The zero-order chi connectivity index (χ0) is 12.4. The van der Waals surface area contributed by atoms with E-state index in [9.17, 15) is 0 Å². The lowest BCUT2D eigenvalue weighted by Gasteiger charge is -2.51. The van der Waals surface area contributed by atoms with Crippen LogP contribution >= 0.6 is 11.6 Å². The molecular weight excluding hydrogens is 220 g/mol. The van der Waals surface area contributed by atoms with Crippen molar-refractivity contribution >= 4 is 11.6 Å². The Morgan fingerprint density at radius 1 is 1.44 bits per heavy atom. The minimum atomic E-state index is 0.196. The van der Waals surface area contributed by atoms with Crippen LogP contribution in [0.1, 0.15) is 41.0 Å². The molecule has 3 heteroatoms. The minimum absolute atomic E-state index is 0.196. The van der Waals surface area contributed by atoms with E-state index < -0.39 is 0 Å². The molecule has 1 fully saturated rings. The third-order valence-electron chi connectivity index (χ3n) is 3.69. The molecule has 0 saturated carbocycles. The largest absolute Gasteiger partial charge is 0.309 e. The van der Waals surface area contributed by atoms with E-state index in [1.165, 1.54) is 5.57 Å². The van der Waals surface area contributed by atoms with Gasteiger partial charge in [0.2, 0.25) is 0 Å². The molecule has 0 aromatic heterocycles. The van der Waals surface area contributed by atoms with Crippen LogP contribution < -0.4 is 5.32 Å². The molecule has 0 bridgehead atoms. The van der Waals surface area contributed by atoms with Crippen molar-refractivity contribution in [2.45, 2.75) is 52.1 Å². The minimum Gasteiger partial charge on any atom is -0.309 e. The van der Waals surface area contributed by atoms with Gasteiger partial charge in [0.25, 0.3) is 0 Å². The number of nitrogens with zero attached hydrogens (tertiary/aromatic N) is 1. The Morgan fingerprint density at radius 2 is 2.06 bits per heavy atom. The summed E-state index contributed by atoms with van der Waals surface area (Å²) >= 11 is 5.77. The molecule has 0 radical (unpaired) electrons. The molecule has 94 valence electrons. The average molecular weight is 245 g/mol. The van der Waals surface area contributed by atoms with Gasteiger partial charge in [0.1, 0.15) is 0 Å². The van der Waals surface area contributed by atoms with Gasteiger partial charge in [0.05, 0.1) is 0 Å². The summed E-state index contributed by atoms with van der Waals surface area (Å²) < 4.78 is 0. The number of hydrogen-bond acceptors (Lipinski definition) is 2. The normalized spacial score (nSPS) is 31.8. The fourth-order valence-electron chi connectivity index (χ4n) is 2.20. The maximum atomic E-state index is 5.77. The molecule has 1 unspecified atom stereocenters. The fraction of sp³-hybridized carbons (Fsp3) is 0.846. The lowest BCUT2D eigenvalue weighted by molar-refractivity contribution is 0.0324. The molecule has 0 spiro atoms. The summed E-state index contributed by atoms with van der Waals surface area (Å²) in [5.41, 5.74) is 3.38. The van der Waals surface area contributed by atoms with Gasteiger partial charge in [-0.05, 0) is 39.7 Å². The van der Waals surface area contributed by atoms with Crippen molar-refractivity contribution in [1.82, 2.24) is 10.2 Å². The molecule has 2 nitrogen and oxygen atoms in total. The molecule has 1 heterocycles. The number of nitrogens with one attached hydrogen (secondary N) is 1. The van der Waals surface area contributed by atoms with E-state index >= 15 is 0 Å². The van der Waals surface area contributed by atoms with E-state index in [0.29, 0.717) is 0 Å². The van der Waals surface area contributed by atoms with Crippen LogP contribution in [0, 0.1) is 0 Å². The first-order chi connectivity index (χ1) is 7.33. The van der Waals surface area contributed by atoms with E-state index in [-0.39, 0.29) is 11.1 Å². The van der Waals surface area contributed by atoms with E-state index in [2.05, 4.69) is 44.8 Å². The zero-order valence-electron chi connectivity index (χ0n) is 11.2. The monoisotopic (exact) mass is 244 g/mol. The Hall–Kier alpha value is -0.0500. The molecule has 1 aliphatic heterocycles. The quantitative estimate of drug-likeness (QED) is 0.821. The number of rotatable bonds is 3. The van der Waals surface area contributed by atoms with Gasteiger partial charge in [-0.2, -0.15) is 0 Å². The van der Waals surface area contributed by atoms with Crippen molar-refractivity contribution in [1.29, 1.82) is 0 Å². The number of piperazine rings is 1. The predicted molar refractivity (Wildman–Crippen MR) is 72.0 cm³/mol. The second kappa shape index (κ2) is 5.07. The first-order valence-electron chi connectivity index (χ1n) is 6.09. The highest BCUT2D eigenvalue weighted by Gasteiger charge is 2.39. The van der Waals surface area contributed by atoms with Crippen molar-refractivity contribution in [3.05, 3.63) is 11.1 Å². The summed E-state index contributed by atoms with van der Waals surface area (Å²) in [6.45, 7) is 14.3. The van der Waals surface area contributed by atoms with Crippen LogP contribution in [-0.2, 0) is 0 Å². The van der Waals surface area contributed by atoms with Crippen LogP contribution in [-0.4, -0.2) is 35.6 Å². The van der Waals surface area contributed by atoms with Crippen LogP contribution in [0.2, 0.25) is 0 Å². The summed E-state index contributed by atoms with van der Waals surface area (Å²) in [6.07, 6.45) is 1.16. The molecule has 0 aromatic carbocycles. The van der Waals surface area contributed by atoms with Gasteiger partial charge in [-0.15, -0.1) is 0 Å². The van der Waals surface area contributed by atoms with Crippen molar-refractivity contribution < 1.29 is 0 Å². The summed E-state index contributed by atoms with van der Waals surface area (Å²) in [6, 6.07) is 0. The Morgan fingerprint density at radius 3 is 2.56 bits per heavy atom. The van der Waals surface area contributed by atoms with Crippen molar-refractivity contribution in [2.75, 3.05) is 19.6 Å². The topological polar surface area (TPSA) is 15.3 Å². The molecular formula is C13H25ClN2. The zero-order valence-corrected chi connectivity index (χ0v) is 12.0. The van der Waals surface area contributed by atoms with Gasteiger partial charge in [-0.3, -0.25) is 4.90 Å². The van der Waals surface area contributed by atoms with Gasteiger partial charge in [-0.25, -0.2) is 0 Å². The fourth-order valence-corrected chi connectivity index (χ4v) is 2.27. The molecule has 1 rings (SSSR count). The smallest absolute Gasteiger partial charge is 0.0307 e. The Labute approximate surface area is 105 Å². The van der Waals surface area contributed by atoms with Gasteiger partial charge >= 0.3 is 0 Å². The Bertz CT molecular complexity index is 273. The maximum Gasteiger partial charge on any atom is 0.0307 e. The van der Waals surface area contributed by atoms with Crippen LogP contribution in [0.3, 0.4) is 0 Å². The van der Waals surface area contributed by atoms with E-state index in [4.69, 9.17) is 11.6 Å². The highest BCUT2D eigenvalue weighted by Crippen LogP contribution is 2.27. The van der Waals surface area contributed by atoms with Crippen molar-refractivity contribution in [2.24, 2.45) is 0 Å². The standard InChI is InChI=1S/C13H25ClN2/c1-6-13(5)9-15-12(3,4)10-16(13)8-11(2)7-14/h7,15H,6,8-10H2,1-5H3. The predicted octanol–water partition coefficient (Wildman–Crippen LogP) is 2.98. The maximum absolute atomic E-state index is 5.77. The lowest BCUT2D eigenvalue weighted by atomic mass is 9.87. The SMILES string of the molecule is CCC1(C)CNC(C)(C)CN1CC(C)=CCl. The lowest BCUT2D eigenvalue weighted by Crippen LogP contribution is -2.67. The third-order valence-corrected chi connectivity index (χ3v) is 4.06. The average Bonchev–Trinajstić information content (AvgIpc) is 2.23. The third kappa shape index (κ3) is 3.22. The summed E-state index contributed by atoms with van der Waals surface area (Å²) in [5.74, 6) is 0. The molecule has 0 aliphatic carbocycles. The highest BCUT2D eigenvalue weighted by molar-refractivity contribution is 6.25. The Kier molecular flexibility index (Phi) is 4.44. The van der Waals surface area contributed by atoms with Gasteiger partial charge in [0.15, 0.2) is 0 Å². The molecule has 1 saturated heterocycles. The van der Waals surface area contributed by atoms with Gasteiger partial charge < -0.3 is 5.32 Å². The van der Waals surface area contributed by atoms with E-state index in [1.54, 1.807) is 5.54 Å². The molecule has 0 amide bonds. The molecule has 1 atom stereocenters. The van der Waals surface area contributed by atoms with Crippen molar-refractivity contribution in [3.8, 4) is 0 Å². The van der Waals surface area contributed by atoms with Crippen LogP contribution in [0.4, 0.5) is 0 Å². The first-order valence-corrected chi connectivity index (χ1v) is 6.52. The summed E-state index contributed by atoms with van der Waals surface area (Å²) in [4.78, 5) is 2.55. The van der Waals surface area contributed by atoms with Gasteiger partial charge in [-0.1, -0.05) is 18.5 Å². The molecule has 0 aromatic rings. The van der Waals surface area contributed by atoms with Crippen molar-refractivity contribution in [3.63, 3.8) is 0 Å². The summed E-state index contributed by atoms with van der Waals surface area (Å²) in [5, 5.41) is 3.63. The number of hydrogen-bond donors (Lipinski definition) is 1. The Balaban J connectivity index is 2.80. The molecule has 16 heavy (non-hydrogen) atoms. The summed E-state index contributed by atoms with van der Waals surface area (Å²) in [7, 11) is 0. The van der Waals surface area contributed by atoms with Crippen LogP contribution in [0.25, 0.3) is 0 Å².